The molecule has 3 unspecified atom stereocenters. The Labute approximate surface area is 104 Å². The first kappa shape index (κ1) is 13.7. The zero-order chi connectivity index (χ0) is 11.1. The molecule has 3 atom stereocenters. The van der Waals surface area contributed by atoms with E-state index >= 15 is 0 Å². The van der Waals surface area contributed by atoms with Crippen LogP contribution in [0.15, 0.2) is 0 Å². The summed E-state index contributed by atoms with van der Waals surface area (Å²) < 4.78 is 0.836. The van der Waals surface area contributed by atoms with Crippen LogP contribution in [0.4, 0.5) is 0 Å². The summed E-state index contributed by atoms with van der Waals surface area (Å²) in [4.78, 5) is 0. The lowest BCUT2D eigenvalue weighted by molar-refractivity contribution is 0.570. The summed E-state index contributed by atoms with van der Waals surface area (Å²) in [5, 5.41) is 5.04. The van der Waals surface area contributed by atoms with Gasteiger partial charge in [0.05, 0.1) is 15.3 Å². The van der Waals surface area contributed by atoms with Crippen molar-refractivity contribution in [1.29, 1.82) is 0 Å². The summed E-state index contributed by atoms with van der Waals surface area (Å²) in [5.41, 5.74) is 0. The Kier molecular flexibility index (Phi) is 7.19. The first-order valence-electron chi connectivity index (χ1n) is 6.33. The second kappa shape index (κ2) is 7.86. The van der Waals surface area contributed by atoms with Crippen LogP contribution in [0.1, 0.15) is 59.3 Å². The summed E-state index contributed by atoms with van der Waals surface area (Å²) in [7, 11) is 0. The van der Waals surface area contributed by atoms with Crippen molar-refractivity contribution in [3.05, 3.63) is 0 Å². The molecule has 3 heteroatoms. The Morgan fingerprint density at radius 2 is 1.67 bits per heavy atom. The summed E-state index contributed by atoms with van der Waals surface area (Å²) >= 11 is 4.28. The van der Waals surface area contributed by atoms with Gasteiger partial charge in [-0.1, -0.05) is 39.5 Å². The second-order valence-electron chi connectivity index (χ2n) is 4.28. The SMILES string of the molecule is CCCCC1NC(C)SC(CCCC)S1. The molecule has 0 bridgehead atoms. The van der Waals surface area contributed by atoms with Crippen LogP contribution in [0, 0.1) is 0 Å². The van der Waals surface area contributed by atoms with Crippen molar-refractivity contribution in [3.8, 4) is 0 Å². The standard InChI is InChI=1S/C12H25NS2/c1-4-6-8-11-13-10(3)14-12(15-11)9-7-5-2/h10-13H,4-9H2,1-3H3. The topological polar surface area (TPSA) is 12.0 Å². The maximum absolute atomic E-state index is 3.68. The molecule has 1 heterocycles. The first-order chi connectivity index (χ1) is 7.26. The van der Waals surface area contributed by atoms with Crippen molar-refractivity contribution in [3.63, 3.8) is 0 Å². The molecule has 1 aliphatic heterocycles. The third kappa shape index (κ3) is 5.50. The molecule has 0 radical (unpaired) electrons. The van der Waals surface area contributed by atoms with Crippen LogP contribution in [0.5, 0.6) is 0 Å². The minimum Gasteiger partial charge on any atom is -0.294 e. The van der Waals surface area contributed by atoms with Crippen LogP contribution >= 0.6 is 23.5 Å². The summed E-state index contributed by atoms with van der Waals surface area (Å²) in [6.07, 6.45) is 8.13. The van der Waals surface area contributed by atoms with E-state index in [1.54, 1.807) is 0 Å². The fraction of sp³-hybridized carbons (Fsp3) is 1.00. The third-order valence-corrected chi connectivity index (χ3v) is 5.70. The Balaban J connectivity index is 2.27. The summed E-state index contributed by atoms with van der Waals surface area (Å²) in [5.74, 6) is 0. The minimum absolute atomic E-state index is 0.648. The molecule has 15 heavy (non-hydrogen) atoms. The normalized spacial score (nSPS) is 31.8. The van der Waals surface area contributed by atoms with Crippen LogP contribution in [-0.4, -0.2) is 15.3 Å². The zero-order valence-electron chi connectivity index (χ0n) is 10.3. The Hall–Kier alpha value is 0.660. The van der Waals surface area contributed by atoms with Gasteiger partial charge in [-0.05, 0) is 19.8 Å². The smallest absolute Gasteiger partial charge is 0.0551 e. The molecule has 0 aliphatic carbocycles. The molecular weight excluding hydrogens is 222 g/mol. The maximum Gasteiger partial charge on any atom is 0.0551 e. The molecule has 0 spiro atoms. The van der Waals surface area contributed by atoms with Crippen molar-refractivity contribution < 1.29 is 0 Å². The van der Waals surface area contributed by atoms with Gasteiger partial charge in [0.25, 0.3) is 0 Å². The fourth-order valence-electron chi connectivity index (χ4n) is 1.83. The molecule has 1 nitrogen and oxygen atoms in total. The molecule has 0 aromatic heterocycles. The van der Waals surface area contributed by atoms with E-state index in [0.29, 0.717) is 10.7 Å². The van der Waals surface area contributed by atoms with Crippen molar-refractivity contribution in [2.24, 2.45) is 0 Å². The van der Waals surface area contributed by atoms with E-state index in [1.165, 1.54) is 38.5 Å². The monoisotopic (exact) mass is 247 g/mol. The van der Waals surface area contributed by atoms with Crippen LogP contribution in [0.2, 0.25) is 0 Å². The molecule has 0 aromatic carbocycles. The maximum atomic E-state index is 3.68. The van der Waals surface area contributed by atoms with Gasteiger partial charge in [-0.15, -0.1) is 23.5 Å². The van der Waals surface area contributed by atoms with E-state index in [9.17, 15) is 0 Å². The van der Waals surface area contributed by atoms with Gasteiger partial charge in [-0.25, -0.2) is 0 Å². The predicted molar refractivity (Wildman–Crippen MR) is 74.4 cm³/mol. The fourth-order valence-corrected chi connectivity index (χ4v) is 5.33. The van der Waals surface area contributed by atoms with Gasteiger partial charge < -0.3 is 0 Å². The van der Waals surface area contributed by atoms with E-state index in [4.69, 9.17) is 0 Å². The van der Waals surface area contributed by atoms with Gasteiger partial charge in [0.15, 0.2) is 0 Å². The predicted octanol–water partition coefficient (Wildman–Crippen LogP) is 4.43. The Morgan fingerprint density at radius 3 is 2.33 bits per heavy atom. The average Bonchev–Trinajstić information content (AvgIpc) is 2.23. The number of rotatable bonds is 6. The number of thioether (sulfide) groups is 2. The summed E-state index contributed by atoms with van der Waals surface area (Å²) in [6.45, 7) is 6.87. The second-order valence-corrected chi connectivity index (χ2v) is 7.54. The van der Waals surface area contributed by atoms with Crippen LogP contribution < -0.4 is 5.32 Å². The number of hydrogen-bond donors (Lipinski definition) is 1. The van der Waals surface area contributed by atoms with E-state index in [0.717, 1.165) is 4.58 Å². The Bertz CT molecular complexity index is 148. The highest BCUT2D eigenvalue weighted by Crippen LogP contribution is 2.38. The lowest BCUT2D eigenvalue weighted by Crippen LogP contribution is -2.38. The van der Waals surface area contributed by atoms with Gasteiger partial charge >= 0.3 is 0 Å². The highest BCUT2D eigenvalue weighted by atomic mass is 32.2. The third-order valence-electron chi connectivity index (χ3n) is 2.71. The molecule has 0 amide bonds. The van der Waals surface area contributed by atoms with Gasteiger partial charge in [-0.2, -0.15) is 0 Å². The van der Waals surface area contributed by atoms with E-state index < -0.39 is 0 Å². The van der Waals surface area contributed by atoms with Crippen molar-refractivity contribution >= 4 is 23.5 Å². The average molecular weight is 247 g/mol. The molecule has 1 N–H and O–H groups in total. The molecule has 90 valence electrons. The molecule has 1 saturated heterocycles. The van der Waals surface area contributed by atoms with Crippen molar-refractivity contribution in [2.75, 3.05) is 0 Å². The van der Waals surface area contributed by atoms with Gasteiger partial charge in [0.2, 0.25) is 0 Å². The lowest BCUT2D eigenvalue weighted by Gasteiger charge is -2.34. The van der Waals surface area contributed by atoms with Crippen LogP contribution in [0.3, 0.4) is 0 Å². The number of hydrogen-bond acceptors (Lipinski definition) is 3. The number of unbranched alkanes of at least 4 members (excludes halogenated alkanes) is 2. The molecule has 1 fully saturated rings. The quantitative estimate of drug-likeness (QED) is 0.745. The van der Waals surface area contributed by atoms with Gasteiger partial charge in [0.1, 0.15) is 0 Å². The molecule has 1 rings (SSSR count). The minimum atomic E-state index is 0.648. The van der Waals surface area contributed by atoms with Gasteiger partial charge in [0, 0.05) is 0 Å². The van der Waals surface area contributed by atoms with E-state index in [1.807, 2.05) is 0 Å². The van der Waals surface area contributed by atoms with Gasteiger partial charge in [-0.3, -0.25) is 5.32 Å². The van der Waals surface area contributed by atoms with E-state index in [2.05, 4.69) is 49.6 Å². The summed E-state index contributed by atoms with van der Waals surface area (Å²) in [6, 6.07) is 0. The highest BCUT2D eigenvalue weighted by molar-refractivity contribution is 8.18. The highest BCUT2D eigenvalue weighted by Gasteiger charge is 2.25. The molecule has 0 saturated carbocycles. The Morgan fingerprint density at radius 1 is 1.00 bits per heavy atom. The molecular formula is C12H25NS2. The van der Waals surface area contributed by atoms with Crippen molar-refractivity contribution in [2.45, 2.75) is 74.6 Å². The zero-order valence-corrected chi connectivity index (χ0v) is 11.9. The lowest BCUT2D eigenvalue weighted by atomic mass is 10.2. The van der Waals surface area contributed by atoms with E-state index in [-0.39, 0.29) is 0 Å². The van der Waals surface area contributed by atoms with Crippen molar-refractivity contribution in [1.82, 2.24) is 5.32 Å². The largest absolute Gasteiger partial charge is 0.294 e. The van der Waals surface area contributed by atoms with Crippen LogP contribution in [-0.2, 0) is 0 Å². The molecule has 1 aliphatic rings. The number of nitrogens with one attached hydrogen (secondary N) is 1. The first-order valence-corrected chi connectivity index (χ1v) is 8.21. The molecule has 0 aromatic rings. The van der Waals surface area contributed by atoms with Crippen LogP contribution in [0.25, 0.3) is 0 Å².